The minimum Gasteiger partial charge on any atom is -0.496 e. The molecule has 0 aliphatic rings. The highest BCUT2D eigenvalue weighted by Gasteiger charge is 2.12. The molecule has 0 radical (unpaired) electrons. The maximum Gasteiger partial charge on any atom is 0.196 e. The van der Waals surface area contributed by atoms with Crippen molar-refractivity contribution in [1.82, 2.24) is 10.3 Å². The van der Waals surface area contributed by atoms with Gasteiger partial charge in [-0.25, -0.2) is 4.98 Å². The Hall–Kier alpha value is -1.52. The van der Waals surface area contributed by atoms with E-state index in [2.05, 4.69) is 24.1 Å². The van der Waals surface area contributed by atoms with Crippen LogP contribution in [-0.2, 0) is 6.42 Å². The molecule has 0 aliphatic heterocycles. The number of hydrogen-bond acceptors (Lipinski definition) is 4. The Morgan fingerprint density at radius 3 is 2.90 bits per heavy atom. The Morgan fingerprint density at radius 1 is 1.40 bits per heavy atom. The van der Waals surface area contributed by atoms with Gasteiger partial charge in [-0.2, -0.15) is 0 Å². The van der Waals surface area contributed by atoms with E-state index < -0.39 is 0 Å². The molecule has 0 atom stereocenters. The molecule has 1 heterocycles. The lowest BCUT2D eigenvalue weighted by atomic mass is 10.1. The summed E-state index contributed by atoms with van der Waals surface area (Å²) in [4.78, 5) is 4.29. The van der Waals surface area contributed by atoms with Gasteiger partial charge in [0.15, 0.2) is 11.7 Å². The van der Waals surface area contributed by atoms with Gasteiger partial charge in [0.1, 0.15) is 5.75 Å². The van der Waals surface area contributed by atoms with Gasteiger partial charge in [-0.3, -0.25) is 0 Å². The Labute approximate surface area is 124 Å². The molecule has 0 aliphatic carbocycles. The van der Waals surface area contributed by atoms with Gasteiger partial charge in [0.2, 0.25) is 0 Å². The van der Waals surface area contributed by atoms with Gasteiger partial charge in [0, 0.05) is 24.0 Å². The smallest absolute Gasteiger partial charge is 0.196 e. The lowest BCUT2D eigenvalue weighted by Gasteiger charge is -2.06. The number of methoxy groups -OCH3 is 1. The monoisotopic (exact) mass is 294 g/mol. The lowest BCUT2D eigenvalue weighted by molar-refractivity contribution is 0.413. The summed E-state index contributed by atoms with van der Waals surface area (Å²) in [5.41, 5.74) is 0.815. The van der Waals surface area contributed by atoms with E-state index in [9.17, 15) is 0 Å². The van der Waals surface area contributed by atoms with Crippen LogP contribution in [0.25, 0.3) is 11.3 Å². The molecule has 0 unspecified atom stereocenters. The zero-order chi connectivity index (χ0) is 14.5. The second-order valence-electron chi connectivity index (χ2n) is 4.82. The van der Waals surface area contributed by atoms with E-state index in [0.29, 0.717) is 22.7 Å². The summed E-state index contributed by atoms with van der Waals surface area (Å²) >= 11 is 6.02. The van der Waals surface area contributed by atoms with Crippen LogP contribution in [0.2, 0.25) is 5.02 Å². The van der Waals surface area contributed by atoms with E-state index in [0.717, 1.165) is 24.3 Å². The summed E-state index contributed by atoms with van der Waals surface area (Å²) in [5, 5.41) is 3.97. The highest BCUT2D eigenvalue weighted by Crippen LogP contribution is 2.32. The normalized spacial score (nSPS) is 11.1. The predicted octanol–water partition coefficient (Wildman–Crippen LogP) is 3.54. The maximum absolute atomic E-state index is 6.02. The topological polar surface area (TPSA) is 47.3 Å². The Morgan fingerprint density at radius 2 is 2.20 bits per heavy atom. The van der Waals surface area contributed by atoms with Crippen LogP contribution in [0.15, 0.2) is 28.8 Å². The number of benzene rings is 1. The van der Waals surface area contributed by atoms with Crippen LogP contribution in [0.5, 0.6) is 5.75 Å². The first-order chi connectivity index (χ1) is 9.60. The standard InChI is InChI=1S/C15H19ClN2O2/c1-10(2)17-7-6-15-18-9-14(20-15)12-8-11(16)4-5-13(12)19-3/h4-5,8-10,17H,6-7H2,1-3H3. The van der Waals surface area contributed by atoms with Crippen molar-refractivity contribution in [2.24, 2.45) is 0 Å². The van der Waals surface area contributed by atoms with Crippen molar-refractivity contribution in [3.05, 3.63) is 35.3 Å². The minimum absolute atomic E-state index is 0.456. The molecule has 1 aromatic heterocycles. The number of ether oxygens (including phenoxy) is 1. The quantitative estimate of drug-likeness (QED) is 0.885. The van der Waals surface area contributed by atoms with Gasteiger partial charge in [0.25, 0.3) is 0 Å². The van der Waals surface area contributed by atoms with Crippen molar-refractivity contribution in [2.45, 2.75) is 26.3 Å². The average Bonchev–Trinajstić information content (AvgIpc) is 2.87. The SMILES string of the molecule is COc1ccc(Cl)cc1-c1cnc(CCNC(C)C)o1. The zero-order valence-corrected chi connectivity index (χ0v) is 12.7. The number of rotatable bonds is 6. The predicted molar refractivity (Wildman–Crippen MR) is 80.3 cm³/mol. The molecule has 2 rings (SSSR count). The third-order valence-corrected chi connectivity index (χ3v) is 3.11. The fraction of sp³-hybridized carbons (Fsp3) is 0.400. The zero-order valence-electron chi connectivity index (χ0n) is 11.9. The highest BCUT2D eigenvalue weighted by atomic mass is 35.5. The van der Waals surface area contributed by atoms with E-state index in [-0.39, 0.29) is 0 Å². The molecule has 0 saturated carbocycles. The Kier molecular flexibility index (Phi) is 5.04. The van der Waals surface area contributed by atoms with Gasteiger partial charge in [-0.1, -0.05) is 25.4 Å². The molecule has 0 amide bonds. The van der Waals surface area contributed by atoms with Gasteiger partial charge < -0.3 is 14.5 Å². The van der Waals surface area contributed by atoms with Crippen molar-refractivity contribution in [1.29, 1.82) is 0 Å². The molecule has 1 aromatic carbocycles. The molecule has 0 saturated heterocycles. The van der Waals surface area contributed by atoms with E-state index in [1.54, 1.807) is 19.4 Å². The number of nitrogens with zero attached hydrogens (tertiary/aromatic N) is 1. The van der Waals surface area contributed by atoms with Crippen LogP contribution >= 0.6 is 11.6 Å². The second kappa shape index (κ2) is 6.77. The van der Waals surface area contributed by atoms with Crippen molar-refractivity contribution >= 4 is 11.6 Å². The largest absolute Gasteiger partial charge is 0.496 e. The molecule has 108 valence electrons. The van der Waals surface area contributed by atoms with Crippen LogP contribution in [0.1, 0.15) is 19.7 Å². The van der Waals surface area contributed by atoms with Crippen LogP contribution in [0.3, 0.4) is 0 Å². The molecule has 1 N–H and O–H groups in total. The first-order valence-electron chi connectivity index (χ1n) is 6.62. The van der Waals surface area contributed by atoms with Crippen LogP contribution < -0.4 is 10.1 Å². The summed E-state index contributed by atoms with van der Waals surface area (Å²) in [6.07, 6.45) is 2.46. The van der Waals surface area contributed by atoms with Crippen LogP contribution in [0.4, 0.5) is 0 Å². The van der Waals surface area contributed by atoms with Gasteiger partial charge >= 0.3 is 0 Å². The second-order valence-corrected chi connectivity index (χ2v) is 5.26. The first kappa shape index (κ1) is 14.9. The van der Waals surface area contributed by atoms with E-state index in [1.165, 1.54) is 0 Å². The highest BCUT2D eigenvalue weighted by molar-refractivity contribution is 6.30. The van der Waals surface area contributed by atoms with Crippen LogP contribution in [-0.4, -0.2) is 24.7 Å². The molecule has 0 bridgehead atoms. The van der Waals surface area contributed by atoms with E-state index >= 15 is 0 Å². The lowest BCUT2D eigenvalue weighted by Crippen LogP contribution is -2.24. The number of nitrogens with one attached hydrogen (secondary N) is 1. The molecule has 2 aromatic rings. The fourth-order valence-corrected chi connectivity index (χ4v) is 2.06. The van der Waals surface area contributed by atoms with Crippen molar-refractivity contribution in [3.63, 3.8) is 0 Å². The van der Waals surface area contributed by atoms with Gasteiger partial charge in [-0.15, -0.1) is 0 Å². The summed E-state index contributed by atoms with van der Waals surface area (Å²) in [6.45, 7) is 5.06. The first-order valence-corrected chi connectivity index (χ1v) is 7.00. The molecule has 0 fully saturated rings. The summed E-state index contributed by atoms with van der Waals surface area (Å²) in [5.74, 6) is 2.09. The number of hydrogen-bond donors (Lipinski definition) is 1. The third-order valence-electron chi connectivity index (χ3n) is 2.87. The van der Waals surface area contributed by atoms with E-state index in [1.807, 2.05) is 12.1 Å². The Balaban J connectivity index is 2.14. The summed E-state index contributed by atoms with van der Waals surface area (Å²) < 4.78 is 11.1. The maximum atomic E-state index is 6.02. The van der Waals surface area contributed by atoms with Crippen molar-refractivity contribution < 1.29 is 9.15 Å². The van der Waals surface area contributed by atoms with Crippen molar-refractivity contribution in [2.75, 3.05) is 13.7 Å². The number of aromatic nitrogens is 1. The summed E-state index contributed by atoms with van der Waals surface area (Å²) in [6, 6.07) is 5.88. The number of halogens is 1. The molecule has 20 heavy (non-hydrogen) atoms. The minimum atomic E-state index is 0.456. The Bertz CT molecular complexity index is 567. The number of oxazole rings is 1. The third kappa shape index (κ3) is 3.74. The molecule has 5 heteroatoms. The van der Waals surface area contributed by atoms with Crippen molar-refractivity contribution in [3.8, 4) is 17.1 Å². The fourth-order valence-electron chi connectivity index (χ4n) is 1.89. The van der Waals surface area contributed by atoms with E-state index in [4.69, 9.17) is 20.8 Å². The summed E-state index contributed by atoms with van der Waals surface area (Å²) in [7, 11) is 1.62. The molecular formula is C15H19ClN2O2. The van der Waals surface area contributed by atoms with Crippen LogP contribution in [0, 0.1) is 0 Å². The average molecular weight is 295 g/mol. The molecule has 0 spiro atoms. The van der Waals surface area contributed by atoms with Gasteiger partial charge in [-0.05, 0) is 18.2 Å². The van der Waals surface area contributed by atoms with Gasteiger partial charge in [0.05, 0.1) is 18.9 Å². The molecule has 4 nitrogen and oxygen atoms in total. The molecular weight excluding hydrogens is 276 g/mol.